The molecule has 0 saturated heterocycles. The fourth-order valence-corrected chi connectivity index (χ4v) is 2.70. The van der Waals surface area contributed by atoms with Crippen LogP contribution in [0.5, 0.6) is 0 Å². The molecule has 1 heterocycles. The number of carbonyl (C=O) groups excluding carboxylic acids is 1. The number of fused-ring (bicyclic) bond motifs is 1. The predicted octanol–water partition coefficient (Wildman–Crippen LogP) is 2.65. The average Bonchev–Trinajstić information content (AvgIpc) is 2.72. The van der Waals surface area contributed by atoms with E-state index in [2.05, 4.69) is 5.92 Å². The molecule has 0 amide bonds. The van der Waals surface area contributed by atoms with Gasteiger partial charge in [-0.15, -0.1) is 17.8 Å². The first-order valence-corrected chi connectivity index (χ1v) is 6.22. The Kier molecular flexibility index (Phi) is 3.58. The Morgan fingerprint density at radius 2 is 2.24 bits per heavy atom. The van der Waals surface area contributed by atoms with Crippen molar-refractivity contribution in [3.63, 3.8) is 0 Å². The molecule has 1 aromatic carbocycles. The van der Waals surface area contributed by atoms with Gasteiger partial charge in [0.2, 0.25) is 0 Å². The molecule has 2 rings (SSSR count). The van der Waals surface area contributed by atoms with Crippen LogP contribution in [0.4, 0.5) is 0 Å². The molecule has 0 aliphatic carbocycles. The zero-order valence-electron chi connectivity index (χ0n) is 9.64. The van der Waals surface area contributed by atoms with Gasteiger partial charge in [0.25, 0.3) is 0 Å². The number of benzene rings is 1. The minimum absolute atomic E-state index is 0.125. The van der Waals surface area contributed by atoms with Crippen LogP contribution in [0.15, 0.2) is 29.6 Å². The Bertz CT molecular complexity index is 579. The van der Waals surface area contributed by atoms with E-state index in [1.807, 2.05) is 41.6 Å². The molecule has 0 N–H and O–H groups in total. The number of nitrogens with zero attached hydrogens (tertiary/aromatic N) is 1. The Hall–Kier alpha value is -1.63. The summed E-state index contributed by atoms with van der Waals surface area (Å²) in [4.78, 5) is 13.9. The molecule has 0 spiro atoms. The van der Waals surface area contributed by atoms with Gasteiger partial charge in [0.1, 0.15) is 0 Å². The standard InChI is InChI=1S/C14H13NOS/c1-3-8-15(2)9-13(16)12-10-17-14-7-5-4-6-11(12)14/h1,4-7,10H,8-9H2,2H3. The van der Waals surface area contributed by atoms with E-state index >= 15 is 0 Å². The number of likely N-dealkylation sites (N-methyl/N-ethyl adjacent to an activating group) is 1. The first kappa shape index (κ1) is 11.8. The maximum absolute atomic E-state index is 12.1. The van der Waals surface area contributed by atoms with E-state index in [9.17, 15) is 4.79 Å². The quantitative estimate of drug-likeness (QED) is 0.608. The largest absolute Gasteiger partial charge is 0.293 e. The van der Waals surface area contributed by atoms with Gasteiger partial charge >= 0.3 is 0 Å². The van der Waals surface area contributed by atoms with Crippen molar-refractivity contribution in [1.29, 1.82) is 0 Å². The third kappa shape index (κ3) is 2.55. The first-order chi connectivity index (χ1) is 8.22. The summed E-state index contributed by atoms with van der Waals surface area (Å²) < 4.78 is 1.15. The fraction of sp³-hybridized carbons (Fsp3) is 0.214. The topological polar surface area (TPSA) is 20.3 Å². The molecule has 0 aliphatic heterocycles. The molecule has 0 radical (unpaired) electrons. The number of Topliss-reactive ketones (excluding diaryl/α,β-unsaturated/α-hetero) is 1. The number of carbonyl (C=O) groups is 1. The highest BCUT2D eigenvalue weighted by molar-refractivity contribution is 7.17. The number of hydrogen-bond donors (Lipinski definition) is 0. The number of rotatable bonds is 4. The van der Waals surface area contributed by atoms with E-state index in [1.165, 1.54) is 0 Å². The summed E-state index contributed by atoms with van der Waals surface area (Å²) >= 11 is 1.60. The lowest BCUT2D eigenvalue weighted by atomic mass is 10.1. The van der Waals surface area contributed by atoms with Crippen molar-refractivity contribution in [1.82, 2.24) is 4.90 Å². The molecule has 3 heteroatoms. The summed E-state index contributed by atoms with van der Waals surface area (Å²) in [5, 5.41) is 2.97. The zero-order chi connectivity index (χ0) is 12.3. The van der Waals surface area contributed by atoms with Gasteiger partial charge in [-0.1, -0.05) is 24.1 Å². The summed E-state index contributed by atoms with van der Waals surface area (Å²) in [5.41, 5.74) is 0.800. The Balaban J connectivity index is 2.23. The molecule has 2 aromatic rings. The average molecular weight is 243 g/mol. The number of terminal acetylenes is 1. The third-order valence-electron chi connectivity index (χ3n) is 2.56. The van der Waals surface area contributed by atoms with Gasteiger partial charge in [0.05, 0.1) is 13.1 Å². The molecule has 86 valence electrons. The molecule has 2 nitrogen and oxygen atoms in total. The molecule has 0 fully saturated rings. The van der Waals surface area contributed by atoms with Crippen LogP contribution in [0.2, 0.25) is 0 Å². The third-order valence-corrected chi connectivity index (χ3v) is 3.52. The summed E-state index contributed by atoms with van der Waals surface area (Å²) in [6.45, 7) is 0.860. The van der Waals surface area contributed by atoms with E-state index in [0.717, 1.165) is 15.6 Å². The second-order valence-corrected chi connectivity index (χ2v) is 4.86. The van der Waals surface area contributed by atoms with E-state index in [0.29, 0.717) is 13.1 Å². The van der Waals surface area contributed by atoms with Crippen molar-refractivity contribution in [2.75, 3.05) is 20.1 Å². The molecular weight excluding hydrogens is 230 g/mol. The van der Waals surface area contributed by atoms with Crippen LogP contribution < -0.4 is 0 Å². The maximum atomic E-state index is 12.1. The van der Waals surface area contributed by atoms with Crippen LogP contribution in [-0.2, 0) is 0 Å². The van der Waals surface area contributed by atoms with Gasteiger partial charge in [-0.25, -0.2) is 0 Å². The molecule has 0 saturated carbocycles. The molecule has 0 atom stereocenters. The highest BCUT2D eigenvalue weighted by Gasteiger charge is 2.13. The number of ketones is 1. The first-order valence-electron chi connectivity index (χ1n) is 5.34. The monoisotopic (exact) mass is 243 g/mol. The van der Waals surface area contributed by atoms with Gasteiger partial charge in [-0.3, -0.25) is 9.69 Å². The molecule has 0 unspecified atom stereocenters. The van der Waals surface area contributed by atoms with Crippen LogP contribution in [0, 0.1) is 12.3 Å². The van der Waals surface area contributed by atoms with Gasteiger partial charge in [0, 0.05) is 21.0 Å². The predicted molar refractivity (Wildman–Crippen MR) is 72.5 cm³/mol. The minimum atomic E-state index is 0.125. The Morgan fingerprint density at radius 1 is 1.47 bits per heavy atom. The molecule has 17 heavy (non-hydrogen) atoms. The van der Waals surface area contributed by atoms with Crippen LogP contribution in [0.3, 0.4) is 0 Å². The molecule has 1 aromatic heterocycles. The van der Waals surface area contributed by atoms with Crippen molar-refractivity contribution < 1.29 is 4.79 Å². The van der Waals surface area contributed by atoms with E-state index < -0.39 is 0 Å². The Labute approximate surface area is 105 Å². The number of thiophene rings is 1. The maximum Gasteiger partial charge on any atom is 0.178 e. The zero-order valence-corrected chi connectivity index (χ0v) is 10.5. The van der Waals surface area contributed by atoms with Gasteiger partial charge in [0.15, 0.2) is 5.78 Å². The highest BCUT2D eigenvalue weighted by Crippen LogP contribution is 2.25. The SMILES string of the molecule is C#CCN(C)CC(=O)c1csc2ccccc12. The van der Waals surface area contributed by atoms with Crippen molar-refractivity contribution in [2.45, 2.75) is 0 Å². The minimum Gasteiger partial charge on any atom is -0.293 e. The second kappa shape index (κ2) is 5.13. The van der Waals surface area contributed by atoms with Crippen molar-refractivity contribution in [3.05, 3.63) is 35.2 Å². The number of hydrogen-bond acceptors (Lipinski definition) is 3. The lowest BCUT2D eigenvalue weighted by molar-refractivity contribution is 0.0954. The second-order valence-electron chi connectivity index (χ2n) is 3.95. The summed E-state index contributed by atoms with van der Waals surface area (Å²) in [6.07, 6.45) is 5.21. The highest BCUT2D eigenvalue weighted by atomic mass is 32.1. The van der Waals surface area contributed by atoms with Gasteiger partial charge in [-0.05, 0) is 13.1 Å². The smallest absolute Gasteiger partial charge is 0.178 e. The molecule has 0 aliphatic rings. The lowest BCUT2D eigenvalue weighted by Crippen LogP contribution is -2.26. The van der Waals surface area contributed by atoms with Crippen LogP contribution >= 0.6 is 11.3 Å². The summed E-state index contributed by atoms with van der Waals surface area (Å²) in [7, 11) is 1.85. The van der Waals surface area contributed by atoms with E-state index in [1.54, 1.807) is 11.3 Å². The normalized spacial score (nSPS) is 10.6. The van der Waals surface area contributed by atoms with E-state index in [4.69, 9.17) is 6.42 Å². The van der Waals surface area contributed by atoms with Crippen LogP contribution in [-0.4, -0.2) is 30.8 Å². The van der Waals surface area contributed by atoms with Crippen molar-refractivity contribution in [2.24, 2.45) is 0 Å². The summed E-state index contributed by atoms with van der Waals surface area (Å²) in [5.74, 6) is 2.66. The van der Waals surface area contributed by atoms with Crippen molar-refractivity contribution >= 4 is 27.2 Å². The molecular formula is C14H13NOS. The van der Waals surface area contributed by atoms with Crippen LogP contribution in [0.1, 0.15) is 10.4 Å². The van der Waals surface area contributed by atoms with Gasteiger partial charge in [-0.2, -0.15) is 0 Å². The molecule has 0 bridgehead atoms. The van der Waals surface area contributed by atoms with Gasteiger partial charge < -0.3 is 0 Å². The fourth-order valence-electron chi connectivity index (χ4n) is 1.74. The van der Waals surface area contributed by atoms with Crippen LogP contribution in [0.25, 0.3) is 10.1 Å². The Morgan fingerprint density at radius 3 is 3.00 bits per heavy atom. The lowest BCUT2D eigenvalue weighted by Gasteiger charge is -2.11. The summed E-state index contributed by atoms with van der Waals surface area (Å²) in [6, 6.07) is 7.96. The van der Waals surface area contributed by atoms with E-state index in [-0.39, 0.29) is 5.78 Å². The van der Waals surface area contributed by atoms with Crippen molar-refractivity contribution in [3.8, 4) is 12.3 Å².